The van der Waals surface area contributed by atoms with Crippen molar-refractivity contribution in [3.05, 3.63) is 42.4 Å². The van der Waals surface area contributed by atoms with Crippen LogP contribution in [0.4, 0.5) is 10.6 Å². The van der Waals surface area contributed by atoms with Gasteiger partial charge in [-0.15, -0.1) is 0 Å². The molecule has 168 valence electrons. The molecule has 0 bridgehead atoms. The number of ether oxygens (including phenoxy) is 1. The number of hydrogen-bond acceptors (Lipinski definition) is 7. The number of benzene rings is 1. The maximum atomic E-state index is 11.2. The van der Waals surface area contributed by atoms with E-state index < -0.39 is 6.09 Å². The van der Waals surface area contributed by atoms with Crippen LogP contribution < -0.4 is 4.90 Å². The average Bonchev–Trinajstić information content (AvgIpc) is 3.21. The van der Waals surface area contributed by atoms with Crippen molar-refractivity contribution in [1.29, 1.82) is 0 Å². The number of phenols is 1. The van der Waals surface area contributed by atoms with Crippen LogP contribution in [0, 0.1) is 0 Å². The van der Waals surface area contributed by atoms with E-state index in [0.717, 1.165) is 41.5 Å². The Labute approximate surface area is 185 Å². The van der Waals surface area contributed by atoms with Crippen LogP contribution in [0.15, 0.2) is 36.7 Å². The summed E-state index contributed by atoms with van der Waals surface area (Å²) in [6, 6.07) is 7.08. The van der Waals surface area contributed by atoms with Crippen LogP contribution in [0.3, 0.4) is 0 Å². The molecule has 1 amide bonds. The number of carboxylic acid groups (broad SMARTS) is 1. The van der Waals surface area contributed by atoms with E-state index in [4.69, 9.17) is 19.8 Å². The molecule has 2 saturated heterocycles. The predicted molar refractivity (Wildman–Crippen MR) is 118 cm³/mol. The number of aromatic hydroxyl groups is 1. The SMILES string of the molecule is O=C(O)N1CCN(Cc2cn3cc(-c4cccc(O)c4)nc(N4CCOCC4)c3n2)CC1. The summed E-state index contributed by atoms with van der Waals surface area (Å²) in [6.45, 7) is 5.80. The summed E-state index contributed by atoms with van der Waals surface area (Å²) in [4.78, 5) is 26.8. The van der Waals surface area contributed by atoms with E-state index in [1.54, 1.807) is 18.2 Å². The predicted octanol–water partition coefficient (Wildman–Crippen LogP) is 1.73. The van der Waals surface area contributed by atoms with Crippen molar-refractivity contribution in [2.75, 3.05) is 57.4 Å². The molecule has 10 nitrogen and oxygen atoms in total. The number of rotatable bonds is 4. The highest BCUT2D eigenvalue weighted by Gasteiger charge is 2.23. The van der Waals surface area contributed by atoms with Gasteiger partial charge in [0.15, 0.2) is 11.5 Å². The van der Waals surface area contributed by atoms with Gasteiger partial charge in [-0.25, -0.2) is 14.8 Å². The molecule has 10 heteroatoms. The minimum absolute atomic E-state index is 0.198. The summed E-state index contributed by atoms with van der Waals surface area (Å²) in [5, 5.41) is 19.1. The summed E-state index contributed by atoms with van der Waals surface area (Å²) in [5.74, 6) is 1.00. The van der Waals surface area contributed by atoms with Gasteiger partial charge in [0, 0.05) is 63.8 Å². The van der Waals surface area contributed by atoms with E-state index in [9.17, 15) is 9.90 Å². The molecule has 2 fully saturated rings. The highest BCUT2D eigenvalue weighted by molar-refractivity contribution is 5.71. The Kier molecular flexibility index (Phi) is 5.54. The normalized spacial score (nSPS) is 17.8. The van der Waals surface area contributed by atoms with Crippen molar-refractivity contribution in [2.24, 2.45) is 0 Å². The van der Waals surface area contributed by atoms with Crippen LogP contribution in [-0.4, -0.2) is 93.0 Å². The Balaban J connectivity index is 1.47. The number of morpholine rings is 1. The molecule has 2 aliphatic heterocycles. The summed E-state index contributed by atoms with van der Waals surface area (Å²) < 4.78 is 7.51. The third kappa shape index (κ3) is 4.19. The van der Waals surface area contributed by atoms with Crippen molar-refractivity contribution in [1.82, 2.24) is 24.2 Å². The van der Waals surface area contributed by atoms with E-state index >= 15 is 0 Å². The Morgan fingerprint density at radius 1 is 1.03 bits per heavy atom. The lowest BCUT2D eigenvalue weighted by Crippen LogP contribution is -2.47. The zero-order valence-corrected chi connectivity index (χ0v) is 17.7. The molecule has 0 aliphatic carbocycles. The number of hydrogen-bond donors (Lipinski definition) is 2. The van der Waals surface area contributed by atoms with E-state index in [0.29, 0.717) is 45.9 Å². The first-order valence-corrected chi connectivity index (χ1v) is 10.8. The maximum Gasteiger partial charge on any atom is 0.407 e. The minimum Gasteiger partial charge on any atom is -0.508 e. The van der Waals surface area contributed by atoms with Gasteiger partial charge in [-0.2, -0.15) is 0 Å². The maximum absolute atomic E-state index is 11.2. The zero-order chi connectivity index (χ0) is 22.1. The van der Waals surface area contributed by atoms with Crippen LogP contribution in [-0.2, 0) is 11.3 Å². The molecule has 0 atom stereocenters. The highest BCUT2D eigenvalue weighted by atomic mass is 16.5. The number of piperazine rings is 1. The molecule has 1 aromatic carbocycles. The monoisotopic (exact) mass is 438 g/mol. The molecule has 0 saturated carbocycles. The second-order valence-electron chi connectivity index (χ2n) is 8.11. The lowest BCUT2D eigenvalue weighted by molar-refractivity contribution is 0.102. The fraction of sp³-hybridized carbons (Fsp3) is 0.409. The van der Waals surface area contributed by atoms with Crippen molar-refractivity contribution < 1.29 is 19.7 Å². The van der Waals surface area contributed by atoms with Crippen LogP contribution in [0.2, 0.25) is 0 Å². The lowest BCUT2D eigenvalue weighted by atomic mass is 10.1. The lowest BCUT2D eigenvalue weighted by Gasteiger charge is -2.32. The molecule has 2 N–H and O–H groups in total. The minimum atomic E-state index is -0.863. The summed E-state index contributed by atoms with van der Waals surface area (Å²) in [6.07, 6.45) is 3.09. The third-order valence-corrected chi connectivity index (χ3v) is 5.95. The fourth-order valence-electron chi connectivity index (χ4n) is 4.23. The average molecular weight is 438 g/mol. The van der Waals surface area contributed by atoms with E-state index in [-0.39, 0.29) is 5.75 Å². The smallest absolute Gasteiger partial charge is 0.407 e. The van der Waals surface area contributed by atoms with Gasteiger partial charge in [0.2, 0.25) is 0 Å². The molecule has 4 heterocycles. The molecular formula is C22H26N6O4. The van der Waals surface area contributed by atoms with Crippen molar-refractivity contribution >= 4 is 17.6 Å². The van der Waals surface area contributed by atoms with Gasteiger partial charge >= 0.3 is 6.09 Å². The molecule has 32 heavy (non-hydrogen) atoms. The first-order chi connectivity index (χ1) is 15.6. The first kappa shape index (κ1) is 20.5. The number of imidazole rings is 1. The third-order valence-electron chi connectivity index (χ3n) is 5.95. The second-order valence-corrected chi connectivity index (χ2v) is 8.11. The van der Waals surface area contributed by atoms with Gasteiger partial charge in [0.1, 0.15) is 5.75 Å². The number of fused-ring (bicyclic) bond motifs is 1. The number of phenolic OH excluding ortho intramolecular Hbond substituents is 1. The van der Waals surface area contributed by atoms with Gasteiger partial charge in [-0.1, -0.05) is 12.1 Å². The number of amides is 1. The standard InChI is InChI=1S/C22H26N6O4/c29-18-3-1-2-16(12-18)19-15-28-14-17(13-25-4-6-27(7-5-25)22(30)31)23-20(28)21(24-19)26-8-10-32-11-9-26/h1-3,12,14-15,29H,4-11,13H2,(H,30,31). The molecule has 3 aromatic rings. The van der Waals surface area contributed by atoms with Crippen molar-refractivity contribution in [3.63, 3.8) is 0 Å². The molecule has 5 rings (SSSR count). The topological polar surface area (TPSA) is 107 Å². The Morgan fingerprint density at radius 2 is 1.81 bits per heavy atom. The van der Waals surface area contributed by atoms with Crippen LogP contribution in [0.5, 0.6) is 5.75 Å². The van der Waals surface area contributed by atoms with Gasteiger partial charge in [0.25, 0.3) is 0 Å². The molecule has 0 unspecified atom stereocenters. The van der Waals surface area contributed by atoms with E-state index in [1.807, 2.05) is 22.9 Å². The summed E-state index contributed by atoms with van der Waals surface area (Å²) in [7, 11) is 0. The highest BCUT2D eigenvalue weighted by Crippen LogP contribution is 2.28. The fourth-order valence-corrected chi connectivity index (χ4v) is 4.23. The Bertz CT molecular complexity index is 1120. The van der Waals surface area contributed by atoms with Gasteiger partial charge in [-0.3, -0.25) is 4.90 Å². The van der Waals surface area contributed by atoms with E-state index in [1.165, 1.54) is 4.90 Å². The summed E-state index contributed by atoms with van der Waals surface area (Å²) >= 11 is 0. The molecule has 0 radical (unpaired) electrons. The Morgan fingerprint density at radius 3 is 2.53 bits per heavy atom. The molecular weight excluding hydrogens is 412 g/mol. The summed E-state index contributed by atoms with van der Waals surface area (Å²) in [5.41, 5.74) is 3.29. The number of aromatic nitrogens is 3. The van der Waals surface area contributed by atoms with Crippen LogP contribution in [0.1, 0.15) is 5.69 Å². The van der Waals surface area contributed by atoms with Crippen molar-refractivity contribution in [3.8, 4) is 17.0 Å². The molecule has 0 spiro atoms. The van der Waals surface area contributed by atoms with Gasteiger partial charge in [0.05, 0.1) is 24.6 Å². The van der Waals surface area contributed by atoms with Crippen molar-refractivity contribution in [2.45, 2.75) is 6.54 Å². The number of anilines is 1. The largest absolute Gasteiger partial charge is 0.508 e. The molecule has 2 aliphatic rings. The second kappa shape index (κ2) is 8.64. The van der Waals surface area contributed by atoms with Crippen LogP contribution in [0.25, 0.3) is 16.9 Å². The quantitative estimate of drug-likeness (QED) is 0.634. The Hall–Kier alpha value is -3.37. The number of carbonyl (C=O) groups is 1. The van der Waals surface area contributed by atoms with Gasteiger partial charge in [-0.05, 0) is 12.1 Å². The number of nitrogens with zero attached hydrogens (tertiary/aromatic N) is 6. The molecule has 2 aromatic heterocycles. The first-order valence-electron chi connectivity index (χ1n) is 10.8. The van der Waals surface area contributed by atoms with E-state index in [2.05, 4.69) is 9.80 Å². The van der Waals surface area contributed by atoms with Gasteiger partial charge < -0.3 is 29.2 Å². The zero-order valence-electron chi connectivity index (χ0n) is 17.7. The van der Waals surface area contributed by atoms with Crippen LogP contribution >= 0.6 is 0 Å².